The monoisotopic (exact) mass is 311 g/mol. The van der Waals surface area contributed by atoms with Crippen LogP contribution in [0.4, 0.5) is 4.39 Å². The molecule has 0 saturated carbocycles. The fraction of sp³-hybridized carbons (Fsp3) is 0.385. The lowest BCUT2D eigenvalue weighted by Gasteiger charge is -2.07. The van der Waals surface area contributed by atoms with E-state index >= 15 is 0 Å². The molecule has 2 rings (SSSR count). The van der Waals surface area contributed by atoms with E-state index in [9.17, 15) is 4.39 Å². The Kier molecular flexibility index (Phi) is 4.47. The minimum Gasteiger partial charge on any atom is -0.314 e. The molecule has 1 aromatic heterocycles. The van der Waals surface area contributed by atoms with E-state index in [0.29, 0.717) is 11.8 Å². The van der Waals surface area contributed by atoms with Gasteiger partial charge in [-0.3, -0.25) is 0 Å². The van der Waals surface area contributed by atoms with Crippen LogP contribution in [0.15, 0.2) is 24.3 Å². The lowest BCUT2D eigenvalue weighted by Crippen LogP contribution is -2.07. The molecule has 0 radical (unpaired) electrons. The average Bonchev–Trinajstić information content (AvgIpc) is 2.75. The van der Waals surface area contributed by atoms with Crippen molar-refractivity contribution in [1.82, 2.24) is 14.8 Å². The first-order valence-electron chi connectivity index (χ1n) is 5.96. The van der Waals surface area contributed by atoms with Crippen LogP contribution in [0.3, 0.4) is 0 Å². The van der Waals surface area contributed by atoms with Crippen LogP contribution in [-0.4, -0.2) is 14.8 Å². The lowest BCUT2D eigenvalue weighted by atomic mass is 10.1. The number of hydrogen-bond donors (Lipinski definition) is 0. The Morgan fingerprint density at radius 2 is 1.83 bits per heavy atom. The molecule has 1 heterocycles. The highest BCUT2D eigenvalue weighted by molar-refractivity contribution is 9.08. The van der Waals surface area contributed by atoms with Crippen molar-refractivity contribution in [2.24, 2.45) is 0 Å². The van der Waals surface area contributed by atoms with E-state index in [2.05, 4.69) is 37.6 Å². The Labute approximate surface area is 114 Å². The fourth-order valence-corrected chi connectivity index (χ4v) is 2.28. The van der Waals surface area contributed by atoms with E-state index in [1.54, 1.807) is 12.1 Å². The van der Waals surface area contributed by atoms with Crippen LogP contribution in [0, 0.1) is 5.82 Å². The molecule has 0 saturated heterocycles. The molecule has 96 valence electrons. The highest BCUT2D eigenvalue weighted by Gasteiger charge is 2.10. The van der Waals surface area contributed by atoms with Crippen molar-refractivity contribution in [3.8, 4) is 0 Å². The molecule has 0 N–H and O–H groups in total. The summed E-state index contributed by atoms with van der Waals surface area (Å²) in [6.07, 6.45) is 1.72. The largest absolute Gasteiger partial charge is 0.314 e. The van der Waals surface area contributed by atoms with Gasteiger partial charge in [-0.1, -0.05) is 35.0 Å². The molecule has 3 nitrogen and oxygen atoms in total. The number of alkyl halides is 1. The quantitative estimate of drug-likeness (QED) is 0.793. The zero-order valence-corrected chi connectivity index (χ0v) is 11.8. The van der Waals surface area contributed by atoms with Gasteiger partial charge in [-0.05, 0) is 24.1 Å². The van der Waals surface area contributed by atoms with Crippen molar-refractivity contribution in [3.63, 3.8) is 0 Å². The average molecular weight is 312 g/mol. The van der Waals surface area contributed by atoms with Crippen LogP contribution < -0.4 is 0 Å². The molecule has 18 heavy (non-hydrogen) atoms. The zero-order chi connectivity index (χ0) is 13.0. The van der Waals surface area contributed by atoms with Gasteiger partial charge >= 0.3 is 0 Å². The minimum absolute atomic E-state index is 0.213. The molecule has 2 aromatic rings. The molecular formula is C13H15BrFN3. The van der Waals surface area contributed by atoms with Crippen molar-refractivity contribution in [1.29, 1.82) is 0 Å². The fourth-order valence-electron chi connectivity index (χ4n) is 1.87. The second kappa shape index (κ2) is 6.09. The maximum Gasteiger partial charge on any atom is 0.143 e. The van der Waals surface area contributed by atoms with Crippen molar-refractivity contribution in [3.05, 3.63) is 47.3 Å². The van der Waals surface area contributed by atoms with Crippen molar-refractivity contribution < 1.29 is 4.39 Å². The second-order valence-electron chi connectivity index (χ2n) is 4.12. The third kappa shape index (κ3) is 2.96. The minimum atomic E-state index is -0.213. The maximum atomic E-state index is 12.8. The molecule has 0 spiro atoms. The van der Waals surface area contributed by atoms with Crippen molar-refractivity contribution in [2.45, 2.75) is 31.6 Å². The Bertz CT molecular complexity index is 507. The standard InChI is InChI=1S/C13H15BrFN3/c1-2-7-18-12(16-17-13(18)9-14)8-10-3-5-11(15)6-4-10/h3-6H,2,7-9H2,1H3. The molecule has 1 aromatic carbocycles. The molecule has 0 amide bonds. The molecule has 0 atom stereocenters. The number of rotatable bonds is 5. The summed E-state index contributed by atoms with van der Waals surface area (Å²) < 4.78 is 15.0. The Morgan fingerprint density at radius 3 is 2.44 bits per heavy atom. The van der Waals surface area contributed by atoms with Gasteiger partial charge in [-0.25, -0.2) is 4.39 Å². The van der Waals surface area contributed by atoms with Gasteiger partial charge in [0.25, 0.3) is 0 Å². The number of hydrogen-bond acceptors (Lipinski definition) is 2. The third-order valence-corrected chi connectivity index (χ3v) is 3.25. The summed E-state index contributed by atoms with van der Waals surface area (Å²) in [5, 5.41) is 9.07. The van der Waals surface area contributed by atoms with Crippen LogP contribution in [0.2, 0.25) is 0 Å². The van der Waals surface area contributed by atoms with E-state index in [1.807, 2.05) is 0 Å². The van der Waals surface area contributed by atoms with Crippen LogP contribution >= 0.6 is 15.9 Å². The highest BCUT2D eigenvalue weighted by atomic mass is 79.9. The number of benzene rings is 1. The summed E-state index contributed by atoms with van der Waals surface area (Å²) in [6.45, 7) is 3.03. The molecule has 0 aliphatic carbocycles. The van der Waals surface area contributed by atoms with Crippen LogP contribution in [-0.2, 0) is 18.3 Å². The summed E-state index contributed by atoms with van der Waals surface area (Å²) in [4.78, 5) is 0. The molecule has 0 fully saturated rings. The van der Waals surface area contributed by atoms with E-state index in [4.69, 9.17) is 0 Å². The van der Waals surface area contributed by atoms with E-state index in [1.165, 1.54) is 12.1 Å². The topological polar surface area (TPSA) is 30.7 Å². The van der Waals surface area contributed by atoms with Gasteiger partial charge in [0, 0.05) is 13.0 Å². The Balaban J connectivity index is 2.22. The molecule has 0 aliphatic heterocycles. The van der Waals surface area contributed by atoms with Crippen molar-refractivity contribution >= 4 is 15.9 Å². The first-order chi connectivity index (χ1) is 8.74. The van der Waals surface area contributed by atoms with E-state index in [-0.39, 0.29) is 5.82 Å². The van der Waals surface area contributed by atoms with Gasteiger partial charge in [0.05, 0.1) is 5.33 Å². The first kappa shape index (κ1) is 13.2. The van der Waals surface area contributed by atoms with Gasteiger partial charge < -0.3 is 4.57 Å². The van der Waals surface area contributed by atoms with Gasteiger partial charge in [0.15, 0.2) is 0 Å². The van der Waals surface area contributed by atoms with E-state index < -0.39 is 0 Å². The first-order valence-corrected chi connectivity index (χ1v) is 7.08. The number of halogens is 2. The van der Waals surface area contributed by atoms with Crippen LogP contribution in [0.1, 0.15) is 30.6 Å². The summed E-state index contributed by atoms with van der Waals surface area (Å²) >= 11 is 3.41. The Morgan fingerprint density at radius 1 is 1.17 bits per heavy atom. The second-order valence-corrected chi connectivity index (χ2v) is 4.68. The van der Waals surface area contributed by atoms with Crippen LogP contribution in [0.5, 0.6) is 0 Å². The Hall–Kier alpha value is -1.23. The molecule has 5 heteroatoms. The van der Waals surface area contributed by atoms with Gasteiger partial charge in [0.2, 0.25) is 0 Å². The summed E-state index contributed by atoms with van der Waals surface area (Å²) in [6, 6.07) is 6.52. The predicted octanol–water partition coefficient (Wildman–Crippen LogP) is 3.31. The predicted molar refractivity (Wildman–Crippen MR) is 72.2 cm³/mol. The lowest BCUT2D eigenvalue weighted by molar-refractivity contribution is 0.622. The summed E-state index contributed by atoms with van der Waals surface area (Å²) in [5.41, 5.74) is 1.04. The molecular weight excluding hydrogens is 297 g/mol. The SMILES string of the molecule is CCCn1c(CBr)nnc1Cc1ccc(F)cc1. The van der Waals surface area contributed by atoms with Gasteiger partial charge in [-0.15, -0.1) is 10.2 Å². The zero-order valence-electron chi connectivity index (χ0n) is 10.2. The molecule has 0 aliphatic rings. The number of nitrogens with zero attached hydrogens (tertiary/aromatic N) is 3. The number of aromatic nitrogens is 3. The normalized spacial score (nSPS) is 10.8. The smallest absolute Gasteiger partial charge is 0.143 e. The molecule has 0 unspecified atom stereocenters. The summed E-state index contributed by atoms with van der Waals surface area (Å²) in [5.74, 6) is 1.65. The molecule has 0 bridgehead atoms. The maximum absolute atomic E-state index is 12.8. The van der Waals surface area contributed by atoms with E-state index in [0.717, 1.165) is 30.2 Å². The van der Waals surface area contributed by atoms with Gasteiger partial charge in [0.1, 0.15) is 17.5 Å². The van der Waals surface area contributed by atoms with Crippen LogP contribution in [0.25, 0.3) is 0 Å². The summed E-state index contributed by atoms with van der Waals surface area (Å²) in [7, 11) is 0. The third-order valence-electron chi connectivity index (χ3n) is 2.75. The highest BCUT2D eigenvalue weighted by Crippen LogP contribution is 2.12. The van der Waals surface area contributed by atoms with Gasteiger partial charge in [-0.2, -0.15) is 0 Å². The van der Waals surface area contributed by atoms with Crippen molar-refractivity contribution in [2.75, 3.05) is 0 Å².